The number of aliphatic imine (C=N–C) groups is 1. The van der Waals surface area contributed by atoms with E-state index in [2.05, 4.69) is 20.5 Å². The number of morpholine rings is 1. The summed E-state index contributed by atoms with van der Waals surface area (Å²) in [5.41, 5.74) is 1.39. The summed E-state index contributed by atoms with van der Waals surface area (Å²) in [4.78, 5) is 6.95. The number of hydrogen-bond donors (Lipinski definition) is 3. The van der Waals surface area contributed by atoms with Crippen molar-refractivity contribution in [2.45, 2.75) is 50.8 Å². The van der Waals surface area contributed by atoms with Gasteiger partial charge in [-0.05, 0) is 30.5 Å². The van der Waals surface area contributed by atoms with E-state index in [4.69, 9.17) is 4.74 Å². The molecule has 0 radical (unpaired) electrons. The van der Waals surface area contributed by atoms with Gasteiger partial charge in [-0.2, -0.15) is 0 Å². The summed E-state index contributed by atoms with van der Waals surface area (Å²) < 4.78 is 19.1. The Hall–Kier alpha value is -0.970. The highest BCUT2D eigenvalue weighted by Crippen LogP contribution is 2.33. The summed E-state index contributed by atoms with van der Waals surface area (Å²) in [6, 6.07) is 4.81. The van der Waals surface area contributed by atoms with Crippen LogP contribution in [0.1, 0.15) is 43.2 Å². The maximum atomic E-state index is 13.6. The minimum Gasteiger partial charge on any atom is -0.392 e. The Morgan fingerprint density at radius 3 is 2.59 bits per heavy atom. The molecule has 8 heteroatoms. The first-order chi connectivity index (χ1) is 13.7. The molecule has 1 aliphatic heterocycles. The molecule has 1 saturated carbocycles. The van der Waals surface area contributed by atoms with Gasteiger partial charge in [-0.15, -0.1) is 24.0 Å². The molecule has 2 fully saturated rings. The summed E-state index contributed by atoms with van der Waals surface area (Å²) >= 11 is 0. The van der Waals surface area contributed by atoms with Gasteiger partial charge in [0.25, 0.3) is 0 Å². The van der Waals surface area contributed by atoms with Crippen LogP contribution in [0.2, 0.25) is 0 Å². The quantitative estimate of drug-likeness (QED) is 0.306. The molecule has 0 amide bonds. The predicted molar refractivity (Wildman–Crippen MR) is 124 cm³/mol. The molecular weight excluding hydrogens is 486 g/mol. The standard InChI is InChI=1S/C21H33FN4O2.HI/c1-23-20(24-14-17-5-6-19(22)18(13-17)15-27)25-16-21(7-3-2-4-8-21)26-9-11-28-12-10-26;/h5-6,13,27H,2-4,7-12,14-16H2,1H3,(H2,23,24,25);1H. The van der Waals surface area contributed by atoms with Crippen molar-refractivity contribution in [3.05, 3.63) is 35.1 Å². The Morgan fingerprint density at radius 1 is 1.21 bits per heavy atom. The molecule has 29 heavy (non-hydrogen) atoms. The predicted octanol–water partition coefficient (Wildman–Crippen LogP) is 2.64. The van der Waals surface area contributed by atoms with Gasteiger partial charge in [-0.3, -0.25) is 9.89 Å². The molecule has 3 N–H and O–H groups in total. The van der Waals surface area contributed by atoms with Crippen LogP contribution >= 0.6 is 24.0 Å². The second-order valence-electron chi connectivity index (χ2n) is 7.75. The zero-order valence-electron chi connectivity index (χ0n) is 17.3. The number of aliphatic hydroxyl groups excluding tert-OH is 1. The van der Waals surface area contributed by atoms with E-state index in [1.165, 1.54) is 38.2 Å². The summed E-state index contributed by atoms with van der Waals surface area (Å²) in [6.07, 6.45) is 6.26. The van der Waals surface area contributed by atoms with Crippen molar-refractivity contribution in [2.75, 3.05) is 39.9 Å². The first-order valence-electron chi connectivity index (χ1n) is 10.3. The van der Waals surface area contributed by atoms with E-state index in [1.54, 1.807) is 19.2 Å². The Morgan fingerprint density at radius 2 is 1.93 bits per heavy atom. The number of rotatable bonds is 6. The fourth-order valence-electron chi connectivity index (χ4n) is 4.37. The molecule has 1 heterocycles. The number of aliphatic hydroxyl groups is 1. The fourth-order valence-corrected chi connectivity index (χ4v) is 4.37. The molecule has 0 bridgehead atoms. The molecule has 0 unspecified atom stereocenters. The fraction of sp³-hybridized carbons (Fsp3) is 0.667. The highest BCUT2D eigenvalue weighted by Gasteiger charge is 2.38. The van der Waals surface area contributed by atoms with Crippen molar-refractivity contribution in [3.8, 4) is 0 Å². The largest absolute Gasteiger partial charge is 0.392 e. The third-order valence-corrected chi connectivity index (χ3v) is 6.02. The maximum absolute atomic E-state index is 13.6. The summed E-state index contributed by atoms with van der Waals surface area (Å²) in [6.45, 7) is 4.70. The minimum atomic E-state index is -0.376. The van der Waals surface area contributed by atoms with Crippen molar-refractivity contribution in [1.29, 1.82) is 0 Å². The van der Waals surface area contributed by atoms with Gasteiger partial charge in [0.1, 0.15) is 5.82 Å². The first kappa shape index (κ1) is 24.3. The normalized spacial score (nSPS) is 20.0. The van der Waals surface area contributed by atoms with Gasteiger partial charge in [-0.25, -0.2) is 4.39 Å². The molecule has 1 aromatic carbocycles. The molecule has 0 spiro atoms. The molecule has 6 nitrogen and oxygen atoms in total. The molecule has 1 aliphatic carbocycles. The molecule has 0 aromatic heterocycles. The number of ether oxygens (including phenoxy) is 1. The lowest BCUT2D eigenvalue weighted by Crippen LogP contribution is -2.60. The zero-order chi connectivity index (χ0) is 19.8. The third-order valence-electron chi connectivity index (χ3n) is 6.02. The van der Waals surface area contributed by atoms with Crippen LogP contribution in [0.4, 0.5) is 4.39 Å². The van der Waals surface area contributed by atoms with E-state index in [1.807, 2.05) is 0 Å². The Labute approximate surface area is 190 Å². The van der Waals surface area contributed by atoms with Crippen LogP contribution < -0.4 is 10.6 Å². The summed E-state index contributed by atoms with van der Waals surface area (Å²) in [5, 5.41) is 16.1. The van der Waals surface area contributed by atoms with Gasteiger partial charge < -0.3 is 20.5 Å². The second kappa shape index (κ2) is 12.0. The van der Waals surface area contributed by atoms with Crippen LogP contribution in [0.15, 0.2) is 23.2 Å². The lowest BCUT2D eigenvalue weighted by Gasteiger charge is -2.48. The molecule has 2 aliphatic rings. The number of benzene rings is 1. The average molecular weight is 520 g/mol. The molecule has 3 rings (SSSR count). The Kier molecular flexibility index (Phi) is 10.1. The molecule has 0 atom stereocenters. The van der Waals surface area contributed by atoms with Crippen LogP contribution in [0.3, 0.4) is 0 Å². The topological polar surface area (TPSA) is 69.1 Å². The smallest absolute Gasteiger partial charge is 0.191 e. The first-order valence-corrected chi connectivity index (χ1v) is 10.3. The highest BCUT2D eigenvalue weighted by molar-refractivity contribution is 14.0. The highest BCUT2D eigenvalue weighted by atomic mass is 127. The number of guanidine groups is 1. The van der Waals surface area contributed by atoms with E-state index in [9.17, 15) is 9.50 Å². The lowest BCUT2D eigenvalue weighted by molar-refractivity contribution is -0.0352. The monoisotopic (exact) mass is 520 g/mol. The van der Waals surface area contributed by atoms with E-state index in [-0.39, 0.29) is 41.9 Å². The zero-order valence-corrected chi connectivity index (χ0v) is 19.6. The van der Waals surface area contributed by atoms with Crippen LogP contribution in [0.5, 0.6) is 0 Å². The Balaban J connectivity index is 0.00000300. The van der Waals surface area contributed by atoms with Crippen LogP contribution in [-0.4, -0.2) is 61.4 Å². The number of hydrogen-bond acceptors (Lipinski definition) is 4. The molecular formula is C21H34FIN4O2. The molecule has 1 saturated heterocycles. The van der Waals surface area contributed by atoms with Gasteiger partial charge >= 0.3 is 0 Å². The third kappa shape index (κ3) is 6.50. The molecule has 1 aromatic rings. The lowest BCUT2D eigenvalue weighted by atomic mass is 9.80. The van der Waals surface area contributed by atoms with Crippen molar-refractivity contribution >= 4 is 29.9 Å². The SMILES string of the molecule is CN=C(NCc1ccc(F)c(CO)c1)NCC1(N2CCOCC2)CCCCC1.I. The average Bonchev–Trinajstić information content (AvgIpc) is 2.76. The van der Waals surface area contributed by atoms with E-state index in [0.717, 1.165) is 44.4 Å². The Bertz CT molecular complexity index is 662. The number of halogens is 2. The summed E-state index contributed by atoms with van der Waals surface area (Å²) in [5.74, 6) is 0.367. The number of nitrogens with zero attached hydrogens (tertiary/aromatic N) is 2. The van der Waals surface area contributed by atoms with E-state index >= 15 is 0 Å². The van der Waals surface area contributed by atoms with Crippen molar-refractivity contribution < 1.29 is 14.2 Å². The maximum Gasteiger partial charge on any atom is 0.191 e. The van der Waals surface area contributed by atoms with Crippen LogP contribution in [-0.2, 0) is 17.9 Å². The second-order valence-corrected chi connectivity index (χ2v) is 7.75. The number of nitrogens with one attached hydrogen (secondary N) is 2. The van der Waals surface area contributed by atoms with Gasteiger partial charge in [0.2, 0.25) is 0 Å². The van der Waals surface area contributed by atoms with Crippen LogP contribution in [0.25, 0.3) is 0 Å². The van der Waals surface area contributed by atoms with Gasteiger partial charge in [0.15, 0.2) is 5.96 Å². The van der Waals surface area contributed by atoms with Crippen molar-refractivity contribution in [3.63, 3.8) is 0 Å². The van der Waals surface area contributed by atoms with Crippen molar-refractivity contribution in [2.24, 2.45) is 4.99 Å². The van der Waals surface area contributed by atoms with Crippen molar-refractivity contribution in [1.82, 2.24) is 15.5 Å². The van der Waals surface area contributed by atoms with E-state index in [0.29, 0.717) is 12.1 Å². The molecule has 164 valence electrons. The van der Waals surface area contributed by atoms with Gasteiger partial charge in [-0.1, -0.05) is 25.3 Å². The van der Waals surface area contributed by atoms with Gasteiger partial charge in [0.05, 0.1) is 19.8 Å². The minimum absolute atomic E-state index is 0. The van der Waals surface area contributed by atoms with Gasteiger partial charge in [0, 0.05) is 44.3 Å². The van der Waals surface area contributed by atoms with E-state index < -0.39 is 0 Å². The summed E-state index contributed by atoms with van der Waals surface area (Å²) in [7, 11) is 1.77. The van der Waals surface area contributed by atoms with Crippen LogP contribution in [0, 0.1) is 5.82 Å².